The number of carbonyl (C=O) groups is 1. The minimum absolute atomic E-state index is 0.0345. The molecule has 4 N–H and O–H groups in total. The average Bonchev–Trinajstić information content (AvgIpc) is 3.23. The monoisotopic (exact) mass is 477 g/mol. The highest BCUT2D eigenvalue weighted by Gasteiger charge is 2.39. The lowest BCUT2D eigenvalue weighted by atomic mass is 9.99. The lowest BCUT2D eigenvalue weighted by molar-refractivity contribution is -0.141. The minimum Gasteiger partial charge on any atom is -0.383 e. The second-order valence-electron chi connectivity index (χ2n) is 7.89. The average molecular weight is 478 g/mol. The first-order valence-corrected chi connectivity index (χ1v) is 11.7. The van der Waals surface area contributed by atoms with Crippen LogP contribution in [0, 0.1) is 6.92 Å². The molecule has 2 aromatic heterocycles. The van der Waals surface area contributed by atoms with Crippen molar-refractivity contribution in [3.05, 3.63) is 33.7 Å². The number of halogens is 3. The SMILES string of the molecule is Cc1c(C(F)(F)F)nc2c(c1NC(=O)N=S(N)(=O)c1cnc(C(C)(C)O)s1)C(C)CC2. The molecule has 0 saturated carbocycles. The summed E-state index contributed by atoms with van der Waals surface area (Å²) >= 11 is 0.830. The minimum atomic E-state index is -4.70. The third-order valence-corrected chi connectivity index (χ3v) is 8.07. The van der Waals surface area contributed by atoms with Gasteiger partial charge in [0, 0.05) is 16.8 Å². The van der Waals surface area contributed by atoms with E-state index in [1.165, 1.54) is 20.8 Å². The first kappa shape index (κ1) is 23.6. The number of alkyl halides is 3. The van der Waals surface area contributed by atoms with Crippen molar-refractivity contribution in [1.82, 2.24) is 9.97 Å². The molecule has 2 aromatic rings. The Bertz CT molecular complexity index is 1160. The molecule has 8 nitrogen and oxygen atoms in total. The number of hydrogen-bond acceptors (Lipinski definition) is 6. The maximum atomic E-state index is 13.4. The third-order valence-electron chi connectivity index (χ3n) is 4.88. The van der Waals surface area contributed by atoms with Crippen LogP contribution in [0.3, 0.4) is 0 Å². The second-order valence-corrected chi connectivity index (χ2v) is 10.9. The predicted molar refractivity (Wildman–Crippen MR) is 110 cm³/mol. The van der Waals surface area contributed by atoms with Crippen LogP contribution in [-0.2, 0) is 28.1 Å². The first-order chi connectivity index (χ1) is 14.1. The summed E-state index contributed by atoms with van der Waals surface area (Å²) in [7, 11) is -3.73. The van der Waals surface area contributed by atoms with Crippen molar-refractivity contribution >= 4 is 33.0 Å². The number of urea groups is 1. The molecular weight excluding hydrogens is 455 g/mol. The molecule has 2 heterocycles. The van der Waals surface area contributed by atoms with Crippen LogP contribution >= 0.6 is 11.3 Å². The molecule has 1 aliphatic carbocycles. The van der Waals surface area contributed by atoms with Gasteiger partial charge in [0.2, 0.25) is 0 Å². The van der Waals surface area contributed by atoms with Gasteiger partial charge in [0.1, 0.15) is 20.5 Å². The first-order valence-electron chi connectivity index (χ1n) is 9.26. The van der Waals surface area contributed by atoms with E-state index < -0.39 is 33.4 Å². The Labute approximate surface area is 181 Å². The highest BCUT2D eigenvalue weighted by atomic mass is 32.2. The summed E-state index contributed by atoms with van der Waals surface area (Å²) < 4.78 is 56.5. The summed E-state index contributed by atoms with van der Waals surface area (Å²) in [6.07, 6.45) is -2.60. The van der Waals surface area contributed by atoms with Crippen LogP contribution in [0.15, 0.2) is 14.8 Å². The van der Waals surface area contributed by atoms with Gasteiger partial charge in [-0.1, -0.05) is 6.92 Å². The number of fused-ring (bicyclic) bond motifs is 1. The normalized spacial score (nSPS) is 18.4. The number of aryl methyl sites for hydroxylation is 1. The van der Waals surface area contributed by atoms with Gasteiger partial charge in [0.25, 0.3) is 0 Å². The zero-order valence-electron chi connectivity index (χ0n) is 17.2. The van der Waals surface area contributed by atoms with E-state index >= 15 is 0 Å². The molecule has 2 unspecified atom stereocenters. The largest absolute Gasteiger partial charge is 0.433 e. The summed E-state index contributed by atoms with van der Waals surface area (Å²) in [6, 6.07) is -1.14. The van der Waals surface area contributed by atoms with Gasteiger partial charge in [-0.05, 0) is 39.5 Å². The molecule has 0 aliphatic heterocycles. The number of pyridine rings is 1. The summed E-state index contributed by atoms with van der Waals surface area (Å²) in [6.45, 7) is 6.00. The van der Waals surface area contributed by atoms with Crippen molar-refractivity contribution < 1.29 is 27.3 Å². The van der Waals surface area contributed by atoms with E-state index in [9.17, 15) is 27.3 Å². The van der Waals surface area contributed by atoms with Gasteiger partial charge < -0.3 is 10.4 Å². The van der Waals surface area contributed by atoms with Crippen LogP contribution in [0.1, 0.15) is 60.6 Å². The van der Waals surface area contributed by atoms with E-state index in [1.54, 1.807) is 0 Å². The van der Waals surface area contributed by atoms with Crippen LogP contribution in [0.25, 0.3) is 0 Å². The number of amides is 2. The van der Waals surface area contributed by atoms with Gasteiger partial charge in [-0.3, -0.25) is 0 Å². The van der Waals surface area contributed by atoms with Crippen molar-refractivity contribution in [2.75, 3.05) is 5.32 Å². The number of hydrogen-bond donors (Lipinski definition) is 3. The molecule has 2 atom stereocenters. The Morgan fingerprint density at radius 1 is 1.42 bits per heavy atom. The zero-order valence-corrected chi connectivity index (χ0v) is 18.8. The Hall–Kier alpha value is -2.09. The number of nitrogens with one attached hydrogen (secondary N) is 1. The van der Waals surface area contributed by atoms with E-state index in [-0.39, 0.29) is 32.1 Å². The number of thiazole rings is 1. The fraction of sp³-hybridized carbons (Fsp3) is 0.500. The van der Waals surface area contributed by atoms with E-state index in [4.69, 9.17) is 5.14 Å². The highest BCUT2D eigenvalue weighted by molar-refractivity contribution is 7.93. The van der Waals surface area contributed by atoms with Gasteiger partial charge in [0.05, 0.1) is 11.9 Å². The maximum Gasteiger partial charge on any atom is 0.433 e. The van der Waals surface area contributed by atoms with E-state index in [1.807, 2.05) is 6.92 Å². The molecular formula is C18H22F3N5O3S2. The number of nitrogens with two attached hydrogens (primary N) is 1. The molecule has 0 saturated heterocycles. The van der Waals surface area contributed by atoms with Crippen LogP contribution in [0.2, 0.25) is 0 Å². The molecule has 2 amide bonds. The summed E-state index contributed by atoms with van der Waals surface area (Å²) in [5, 5.41) is 18.3. The lowest BCUT2D eigenvalue weighted by Crippen LogP contribution is -2.20. The van der Waals surface area contributed by atoms with Gasteiger partial charge in [-0.15, -0.1) is 15.7 Å². The zero-order chi connectivity index (χ0) is 23.4. The summed E-state index contributed by atoms with van der Waals surface area (Å²) in [5.41, 5.74) is -1.88. The van der Waals surface area contributed by atoms with Crippen molar-refractivity contribution in [3.8, 4) is 0 Å². The van der Waals surface area contributed by atoms with Gasteiger partial charge in [-0.2, -0.15) is 13.2 Å². The quantitative estimate of drug-likeness (QED) is 0.613. The van der Waals surface area contributed by atoms with E-state index in [0.717, 1.165) is 17.5 Å². The fourth-order valence-electron chi connectivity index (χ4n) is 3.38. The van der Waals surface area contributed by atoms with Crippen LogP contribution in [-0.4, -0.2) is 25.3 Å². The smallest absolute Gasteiger partial charge is 0.383 e. The Morgan fingerprint density at radius 2 is 2.06 bits per heavy atom. The van der Waals surface area contributed by atoms with Gasteiger partial charge in [0.15, 0.2) is 9.92 Å². The van der Waals surface area contributed by atoms with E-state index in [0.29, 0.717) is 18.4 Å². The number of rotatable bonds is 3. The molecule has 0 spiro atoms. The topological polar surface area (TPSA) is 131 Å². The lowest BCUT2D eigenvalue weighted by Gasteiger charge is -2.19. The maximum absolute atomic E-state index is 13.4. The van der Waals surface area contributed by atoms with Crippen molar-refractivity contribution in [2.45, 2.75) is 62.4 Å². The standard InChI is InChI=1S/C18H22F3N5O3S2/c1-8-5-6-10-12(8)13(9(2)14(24-10)18(19,20)21)25-16(27)26-31(22,29)11-7-23-15(30-11)17(3,4)28/h7-8,28H,5-6H2,1-4H3,(H3,22,24,25,26,27,29). The van der Waals surface area contributed by atoms with Gasteiger partial charge >= 0.3 is 12.2 Å². The van der Waals surface area contributed by atoms with Crippen molar-refractivity contribution in [1.29, 1.82) is 0 Å². The number of nitrogens with zero attached hydrogens (tertiary/aromatic N) is 3. The summed E-state index contributed by atoms with van der Waals surface area (Å²) in [4.78, 5) is 20.2. The fourth-order valence-corrected chi connectivity index (χ4v) is 5.44. The molecule has 170 valence electrons. The molecule has 31 heavy (non-hydrogen) atoms. The molecule has 3 rings (SSSR count). The molecule has 1 aliphatic rings. The summed E-state index contributed by atoms with van der Waals surface area (Å²) in [5.74, 6) is -0.114. The van der Waals surface area contributed by atoms with Crippen molar-refractivity contribution in [3.63, 3.8) is 0 Å². The van der Waals surface area contributed by atoms with Crippen LogP contribution < -0.4 is 10.5 Å². The third kappa shape index (κ3) is 4.73. The Balaban J connectivity index is 2.01. The van der Waals surface area contributed by atoms with Crippen LogP contribution in [0.5, 0.6) is 0 Å². The predicted octanol–water partition coefficient (Wildman–Crippen LogP) is 4.08. The molecule has 13 heteroatoms. The molecule has 0 radical (unpaired) electrons. The van der Waals surface area contributed by atoms with E-state index in [2.05, 4.69) is 19.6 Å². The second kappa shape index (κ2) is 7.80. The van der Waals surface area contributed by atoms with Gasteiger partial charge in [-0.25, -0.2) is 24.1 Å². The Morgan fingerprint density at radius 3 is 2.61 bits per heavy atom. The number of carbonyl (C=O) groups excluding carboxylic acids is 1. The number of aliphatic hydroxyl groups is 1. The molecule has 0 bridgehead atoms. The Kier molecular flexibility index (Phi) is 5.93. The molecule has 0 aromatic carbocycles. The highest BCUT2D eigenvalue weighted by Crippen LogP contribution is 2.43. The molecule has 0 fully saturated rings. The van der Waals surface area contributed by atoms with Crippen molar-refractivity contribution in [2.24, 2.45) is 9.50 Å². The number of anilines is 1. The number of aromatic nitrogens is 2. The van der Waals surface area contributed by atoms with Crippen LogP contribution in [0.4, 0.5) is 23.7 Å².